The van der Waals surface area contributed by atoms with E-state index in [-0.39, 0.29) is 23.4 Å². The number of aliphatic hydroxyl groups excluding tert-OH is 1. The van der Waals surface area contributed by atoms with Gasteiger partial charge in [0.25, 0.3) is 0 Å². The Morgan fingerprint density at radius 3 is 2.78 bits per heavy atom. The smallest absolute Gasteiger partial charge is 0.157 e. The number of hydrogen-bond donors (Lipinski definition) is 2. The minimum atomic E-state index is -0.729. The summed E-state index contributed by atoms with van der Waals surface area (Å²) >= 11 is 0. The second-order valence-corrected chi connectivity index (χ2v) is 6.73. The molecule has 1 heterocycles. The van der Waals surface area contributed by atoms with Gasteiger partial charge in [-0.15, -0.1) is 0 Å². The monoisotopic (exact) mass is 252 g/mol. The van der Waals surface area contributed by atoms with Crippen LogP contribution in [-0.4, -0.2) is 28.2 Å². The number of allylic oxidation sites excluding steroid dienone is 1. The Kier molecular flexibility index (Phi) is 2.68. The van der Waals surface area contributed by atoms with Gasteiger partial charge in [0.1, 0.15) is 0 Å². The maximum absolute atomic E-state index is 11.0. The minimum Gasteiger partial charge on any atom is -0.385 e. The molecule has 1 saturated carbocycles. The molecule has 7 atom stereocenters. The van der Waals surface area contributed by atoms with Crippen LogP contribution < -0.4 is 0 Å². The van der Waals surface area contributed by atoms with Crippen molar-refractivity contribution in [1.82, 2.24) is 0 Å². The van der Waals surface area contributed by atoms with Crippen LogP contribution in [0.3, 0.4) is 0 Å². The zero-order chi connectivity index (χ0) is 13.1. The number of hydrogen-bond acceptors (Lipinski definition) is 3. The number of rotatable bonds is 0. The third-order valence-electron chi connectivity index (χ3n) is 6.07. The predicted molar refractivity (Wildman–Crippen MR) is 68.7 cm³/mol. The van der Waals surface area contributed by atoms with Crippen LogP contribution in [0.25, 0.3) is 0 Å². The molecule has 2 fully saturated rings. The van der Waals surface area contributed by atoms with E-state index in [1.54, 1.807) is 0 Å². The van der Waals surface area contributed by atoms with Crippen molar-refractivity contribution in [1.29, 1.82) is 0 Å². The maximum Gasteiger partial charge on any atom is 0.157 e. The van der Waals surface area contributed by atoms with Gasteiger partial charge in [0.2, 0.25) is 0 Å². The summed E-state index contributed by atoms with van der Waals surface area (Å²) in [6.45, 7) is 6.46. The highest BCUT2D eigenvalue weighted by atomic mass is 16.6. The van der Waals surface area contributed by atoms with Gasteiger partial charge < -0.3 is 14.9 Å². The van der Waals surface area contributed by atoms with E-state index < -0.39 is 11.9 Å². The topological polar surface area (TPSA) is 49.7 Å². The molecule has 102 valence electrons. The van der Waals surface area contributed by atoms with Crippen LogP contribution >= 0.6 is 0 Å². The molecule has 0 spiro atoms. The Morgan fingerprint density at radius 1 is 1.33 bits per heavy atom. The van der Waals surface area contributed by atoms with Crippen molar-refractivity contribution in [2.24, 2.45) is 23.2 Å². The second-order valence-electron chi connectivity index (χ2n) is 6.73. The fourth-order valence-corrected chi connectivity index (χ4v) is 4.73. The van der Waals surface area contributed by atoms with E-state index in [0.717, 1.165) is 19.3 Å². The molecule has 3 nitrogen and oxygen atoms in total. The van der Waals surface area contributed by atoms with Crippen molar-refractivity contribution in [2.45, 2.75) is 58.0 Å². The minimum absolute atomic E-state index is 0.0979. The number of fused-ring (bicyclic) bond motifs is 3. The molecule has 18 heavy (non-hydrogen) atoms. The van der Waals surface area contributed by atoms with Crippen molar-refractivity contribution in [3.63, 3.8) is 0 Å². The van der Waals surface area contributed by atoms with E-state index in [1.807, 2.05) is 6.08 Å². The van der Waals surface area contributed by atoms with E-state index in [4.69, 9.17) is 4.74 Å². The van der Waals surface area contributed by atoms with E-state index in [0.29, 0.717) is 5.92 Å². The van der Waals surface area contributed by atoms with E-state index in [9.17, 15) is 10.2 Å². The Bertz CT molecular complexity index is 380. The molecule has 0 radical (unpaired) electrons. The molecular formula is C15H24O3. The lowest BCUT2D eigenvalue weighted by molar-refractivity contribution is -0.169. The van der Waals surface area contributed by atoms with Gasteiger partial charge in [0.05, 0.1) is 11.7 Å². The molecular weight excluding hydrogens is 228 g/mol. The first kappa shape index (κ1) is 12.6. The highest BCUT2D eigenvalue weighted by Gasteiger charge is 2.63. The Balaban J connectivity index is 2.07. The molecule has 3 heteroatoms. The molecule has 0 aromatic carbocycles. The first-order chi connectivity index (χ1) is 8.40. The lowest BCUT2D eigenvalue weighted by atomic mass is 9.48. The third-order valence-corrected chi connectivity index (χ3v) is 6.07. The van der Waals surface area contributed by atoms with Gasteiger partial charge in [-0.1, -0.05) is 32.9 Å². The summed E-state index contributed by atoms with van der Waals surface area (Å²) in [5.41, 5.74) is -0.922. The lowest BCUT2D eigenvalue weighted by Gasteiger charge is -2.58. The Labute approximate surface area is 109 Å². The van der Waals surface area contributed by atoms with Crippen LogP contribution in [0.15, 0.2) is 12.2 Å². The van der Waals surface area contributed by atoms with Crippen LogP contribution in [0.2, 0.25) is 0 Å². The average molecular weight is 252 g/mol. The van der Waals surface area contributed by atoms with Crippen LogP contribution in [0.4, 0.5) is 0 Å². The molecule has 0 aromatic heterocycles. The lowest BCUT2D eigenvalue weighted by Crippen LogP contribution is -2.61. The summed E-state index contributed by atoms with van der Waals surface area (Å²) in [5, 5.41) is 21.0. The van der Waals surface area contributed by atoms with Crippen LogP contribution in [-0.2, 0) is 4.74 Å². The highest BCUT2D eigenvalue weighted by Crippen LogP contribution is 2.61. The summed E-state index contributed by atoms with van der Waals surface area (Å²) in [4.78, 5) is 0. The van der Waals surface area contributed by atoms with Crippen LogP contribution in [0.5, 0.6) is 0 Å². The zero-order valence-electron chi connectivity index (χ0n) is 11.5. The third kappa shape index (κ3) is 1.36. The number of ether oxygens (including phenoxy) is 1. The quantitative estimate of drug-likeness (QED) is 0.649. The van der Waals surface area contributed by atoms with Gasteiger partial charge in [-0.2, -0.15) is 0 Å². The van der Waals surface area contributed by atoms with Crippen molar-refractivity contribution >= 4 is 0 Å². The maximum atomic E-state index is 11.0. The van der Waals surface area contributed by atoms with E-state index >= 15 is 0 Å². The summed E-state index contributed by atoms with van der Waals surface area (Å²) < 4.78 is 5.71. The summed E-state index contributed by atoms with van der Waals surface area (Å²) in [7, 11) is 0. The molecule has 0 unspecified atom stereocenters. The van der Waals surface area contributed by atoms with Gasteiger partial charge in [0.15, 0.2) is 6.29 Å². The highest BCUT2D eigenvalue weighted by molar-refractivity contribution is 5.22. The van der Waals surface area contributed by atoms with Crippen molar-refractivity contribution in [3.05, 3.63) is 12.2 Å². The standard InChI is InChI=1S/C15H24O3/c1-9-5-4-7-15(17)8-6-11-12(14(9,15)3)10(2)13(16)18-11/h4,7,9-13,16-17H,5-6,8H2,1-3H3/t9-,10-,11-,12-,13-,14-,15+/m0/s1. The molecule has 1 saturated heterocycles. The summed E-state index contributed by atoms with van der Waals surface area (Å²) in [6, 6.07) is 0. The number of aliphatic hydroxyl groups is 2. The van der Waals surface area contributed by atoms with Crippen LogP contribution in [0, 0.1) is 23.2 Å². The van der Waals surface area contributed by atoms with Gasteiger partial charge in [-0.25, -0.2) is 0 Å². The first-order valence-electron chi connectivity index (χ1n) is 7.14. The predicted octanol–water partition coefficient (Wildman–Crippen LogP) is 2.08. The van der Waals surface area contributed by atoms with E-state index in [1.165, 1.54) is 0 Å². The molecule has 3 rings (SSSR count). The molecule has 2 aliphatic carbocycles. The Hall–Kier alpha value is -0.380. The largest absolute Gasteiger partial charge is 0.385 e. The molecule has 1 aliphatic heterocycles. The van der Waals surface area contributed by atoms with Crippen molar-refractivity contribution in [3.8, 4) is 0 Å². The van der Waals surface area contributed by atoms with Crippen molar-refractivity contribution in [2.75, 3.05) is 0 Å². The second kappa shape index (κ2) is 3.81. The first-order valence-corrected chi connectivity index (χ1v) is 7.14. The molecule has 0 amide bonds. The fourth-order valence-electron chi connectivity index (χ4n) is 4.73. The molecule has 2 N–H and O–H groups in total. The average Bonchev–Trinajstić information content (AvgIpc) is 2.60. The van der Waals surface area contributed by atoms with Crippen LogP contribution in [0.1, 0.15) is 40.0 Å². The normalized spacial score (nSPS) is 59.3. The SMILES string of the molecule is C[C@H]1[C@H]2[C@H](CC[C@]3(O)C=CC[C@H](C)[C@@]23C)O[C@@H]1O. The fraction of sp³-hybridized carbons (Fsp3) is 0.867. The van der Waals surface area contributed by atoms with Crippen molar-refractivity contribution < 1.29 is 14.9 Å². The molecule has 0 aromatic rings. The van der Waals surface area contributed by atoms with Gasteiger partial charge in [-0.3, -0.25) is 0 Å². The summed E-state index contributed by atoms with van der Waals surface area (Å²) in [6.07, 6.45) is 6.14. The van der Waals surface area contributed by atoms with Gasteiger partial charge in [-0.05, 0) is 25.2 Å². The molecule has 3 aliphatic rings. The molecule has 0 bridgehead atoms. The summed E-state index contributed by atoms with van der Waals surface area (Å²) in [5.74, 6) is 0.753. The Morgan fingerprint density at radius 2 is 2.06 bits per heavy atom. The van der Waals surface area contributed by atoms with Gasteiger partial charge in [0, 0.05) is 17.3 Å². The zero-order valence-corrected chi connectivity index (χ0v) is 11.5. The van der Waals surface area contributed by atoms with Gasteiger partial charge >= 0.3 is 0 Å². The van der Waals surface area contributed by atoms with E-state index in [2.05, 4.69) is 26.8 Å².